The highest BCUT2D eigenvalue weighted by molar-refractivity contribution is 6.99. The number of methoxy groups -OCH3 is 1. The van der Waals surface area contributed by atoms with E-state index in [2.05, 4.69) is 122 Å². The highest BCUT2D eigenvalue weighted by Gasteiger charge is 2.50. The normalized spacial score (nSPS) is 15.5. The van der Waals surface area contributed by atoms with Gasteiger partial charge in [0.15, 0.2) is 8.32 Å². The van der Waals surface area contributed by atoms with Crippen LogP contribution in [0.15, 0.2) is 72.8 Å². The van der Waals surface area contributed by atoms with Crippen LogP contribution in [0.25, 0.3) is 0 Å². The fraction of sp³-hybridized carbons (Fsp3) is 0.559. The molecular formula is C34H54O5Si2. The van der Waals surface area contributed by atoms with E-state index in [0.29, 0.717) is 19.4 Å². The zero-order valence-corrected chi connectivity index (χ0v) is 29.1. The molecular weight excluding hydrogens is 545 g/mol. The Morgan fingerprint density at radius 2 is 1.41 bits per heavy atom. The van der Waals surface area contributed by atoms with Crippen LogP contribution >= 0.6 is 0 Å². The minimum atomic E-state index is -2.61. The lowest BCUT2D eigenvalue weighted by atomic mass is 9.93. The van der Waals surface area contributed by atoms with E-state index in [4.69, 9.17) is 13.6 Å². The lowest BCUT2D eigenvalue weighted by Crippen LogP contribution is -2.66. The van der Waals surface area contributed by atoms with Gasteiger partial charge in [-0.15, -0.1) is 0 Å². The summed E-state index contributed by atoms with van der Waals surface area (Å²) in [5.74, 6) is -0.496. The molecule has 1 N–H and O–H groups in total. The first-order chi connectivity index (χ1) is 19.1. The second-order valence-electron chi connectivity index (χ2n) is 13.7. The first-order valence-electron chi connectivity index (χ1n) is 14.9. The molecule has 2 aromatic rings. The smallest absolute Gasteiger partial charge is 0.330 e. The van der Waals surface area contributed by atoms with Crippen molar-refractivity contribution in [1.82, 2.24) is 0 Å². The number of esters is 1. The predicted molar refractivity (Wildman–Crippen MR) is 176 cm³/mol. The summed E-state index contributed by atoms with van der Waals surface area (Å²) in [6.45, 7) is 20.5. The Labute approximate surface area is 251 Å². The Kier molecular flexibility index (Phi) is 12.8. The maximum absolute atomic E-state index is 11.7. The molecule has 0 saturated carbocycles. The van der Waals surface area contributed by atoms with Gasteiger partial charge in [-0.2, -0.15) is 0 Å². The average molecular weight is 599 g/mol. The predicted octanol–water partition coefficient (Wildman–Crippen LogP) is 6.85. The first kappa shape index (κ1) is 35.2. The van der Waals surface area contributed by atoms with E-state index >= 15 is 0 Å². The van der Waals surface area contributed by atoms with Crippen LogP contribution in [-0.2, 0) is 18.4 Å². The molecule has 0 unspecified atom stereocenters. The molecule has 228 valence electrons. The van der Waals surface area contributed by atoms with Crippen LogP contribution in [0.5, 0.6) is 0 Å². The van der Waals surface area contributed by atoms with Gasteiger partial charge in [0, 0.05) is 18.6 Å². The van der Waals surface area contributed by atoms with Crippen molar-refractivity contribution in [3.05, 3.63) is 72.8 Å². The van der Waals surface area contributed by atoms with E-state index in [9.17, 15) is 9.90 Å². The topological polar surface area (TPSA) is 65.0 Å². The molecule has 3 atom stereocenters. The maximum Gasteiger partial charge on any atom is 0.330 e. The van der Waals surface area contributed by atoms with Gasteiger partial charge in [0.2, 0.25) is 0 Å². The molecule has 0 radical (unpaired) electrons. The van der Waals surface area contributed by atoms with E-state index < -0.39 is 22.7 Å². The fourth-order valence-corrected chi connectivity index (χ4v) is 11.1. The molecule has 0 amide bonds. The maximum atomic E-state index is 11.7. The third-order valence-electron chi connectivity index (χ3n) is 8.65. The van der Waals surface area contributed by atoms with Crippen molar-refractivity contribution in [2.75, 3.05) is 13.7 Å². The molecule has 5 nitrogen and oxygen atoms in total. The Hall–Kier alpha value is -2.04. The van der Waals surface area contributed by atoms with E-state index in [1.54, 1.807) is 6.08 Å². The van der Waals surface area contributed by atoms with Crippen molar-refractivity contribution in [3.63, 3.8) is 0 Å². The Morgan fingerprint density at radius 1 is 0.902 bits per heavy atom. The van der Waals surface area contributed by atoms with Crippen LogP contribution in [-0.4, -0.2) is 53.6 Å². The van der Waals surface area contributed by atoms with Gasteiger partial charge in [0.1, 0.15) is 0 Å². The molecule has 41 heavy (non-hydrogen) atoms. The van der Waals surface area contributed by atoms with Gasteiger partial charge in [0.05, 0.1) is 19.3 Å². The van der Waals surface area contributed by atoms with Crippen LogP contribution in [0, 0.1) is 5.92 Å². The van der Waals surface area contributed by atoms with Crippen molar-refractivity contribution >= 4 is 33.0 Å². The Bertz CT molecular complexity index is 1050. The summed E-state index contributed by atoms with van der Waals surface area (Å²) in [7, 11) is -3.34. The molecule has 0 saturated heterocycles. The number of hydrogen-bond acceptors (Lipinski definition) is 5. The summed E-state index contributed by atoms with van der Waals surface area (Å²) in [5.41, 5.74) is 0. The first-order valence-corrected chi connectivity index (χ1v) is 19.7. The molecule has 0 spiro atoms. The van der Waals surface area contributed by atoms with E-state index in [1.807, 2.05) is 0 Å². The summed E-state index contributed by atoms with van der Waals surface area (Å²) >= 11 is 0. The number of carbonyl (C=O) groups is 1. The molecule has 0 heterocycles. The zero-order valence-electron chi connectivity index (χ0n) is 27.1. The van der Waals surface area contributed by atoms with E-state index in [-0.39, 0.29) is 28.1 Å². The van der Waals surface area contributed by atoms with Crippen LogP contribution in [0.2, 0.25) is 23.2 Å². The van der Waals surface area contributed by atoms with Gasteiger partial charge < -0.3 is 18.7 Å². The number of ether oxygens (including phenoxy) is 1. The quantitative estimate of drug-likeness (QED) is 0.112. The second-order valence-corrected chi connectivity index (χ2v) is 22.7. The van der Waals surface area contributed by atoms with Crippen LogP contribution in [0.4, 0.5) is 0 Å². The molecule has 0 aliphatic heterocycles. The van der Waals surface area contributed by atoms with Crippen LogP contribution in [0.3, 0.4) is 0 Å². The van der Waals surface area contributed by atoms with E-state index in [1.165, 1.54) is 23.6 Å². The summed E-state index contributed by atoms with van der Waals surface area (Å²) in [6, 6.07) is 21.3. The van der Waals surface area contributed by atoms with Gasteiger partial charge in [-0.25, -0.2) is 4.79 Å². The van der Waals surface area contributed by atoms with Crippen molar-refractivity contribution in [1.29, 1.82) is 0 Å². The molecule has 7 heteroatoms. The SMILES string of the molecule is COC(=O)/C=C/C[C@H](O[Si](C)(C)C(C)(C)C)[C@H](C)[C@@H](O)CCCO[Si](c1ccccc1)(c1ccccc1)C(C)(C)C. The highest BCUT2D eigenvalue weighted by Crippen LogP contribution is 2.39. The highest BCUT2D eigenvalue weighted by atomic mass is 28.4. The molecule has 0 fully saturated rings. The number of aliphatic hydroxyl groups excluding tert-OH is 1. The zero-order chi connectivity index (χ0) is 30.9. The fourth-order valence-electron chi connectivity index (χ4n) is 5.08. The second kappa shape index (κ2) is 14.9. The van der Waals surface area contributed by atoms with Crippen molar-refractivity contribution < 1.29 is 23.5 Å². The molecule has 0 aliphatic carbocycles. The number of benzene rings is 2. The van der Waals surface area contributed by atoms with Gasteiger partial charge >= 0.3 is 5.97 Å². The molecule has 2 rings (SSSR count). The monoisotopic (exact) mass is 598 g/mol. The lowest BCUT2D eigenvalue weighted by molar-refractivity contribution is -0.134. The Morgan fingerprint density at radius 3 is 1.85 bits per heavy atom. The number of hydrogen-bond donors (Lipinski definition) is 1. The summed E-state index contributed by atoms with van der Waals surface area (Å²) < 4.78 is 18.6. The number of rotatable bonds is 14. The van der Waals surface area contributed by atoms with Gasteiger partial charge in [0.25, 0.3) is 8.32 Å². The summed E-state index contributed by atoms with van der Waals surface area (Å²) in [4.78, 5) is 11.7. The average Bonchev–Trinajstić information content (AvgIpc) is 2.91. The van der Waals surface area contributed by atoms with Gasteiger partial charge in [-0.3, -0.25) is 0 Å². The van der Waals surface area contributed by atoms with Crippen molar-refractivity contribution in [2.45, 2.75) is 103 Å². The van der Waals surface area contributed by atoms with Crippen LogP contribution in [0.1, 0.15) is 67.7 Å². The molecule has 0 aliphatic rings. The minimum Gasteiger partial charge on any atom is -0.466 e. The van der Waals surface area contributed by atoms with Crippen molar-refractivity contribution in [2.24, 2.45) is 5.92 Å². The molecule has 2 aromatic carbocycles. The van der Waals surface area contributed by atoms with Gasteiger partial charge in [-0.05, 0) is 52.8 Å². The third-order valence-corrected chi connectivity index (χ3v) is 18.2. The number of aliphatic hydroxyl groups is 1. The minimum absolute atomic E-state index is 0.0334. The largest absolute Gasteiger partial charge is 0.466 e. The Balaban J connectivity index is 2.21. The number of carbonyl (C=O) groups excluding carboxylic acids is 1. The summed E-state index contributed by atoms with van der Waals surface area (Å²) in [5, 5.41) is 13.8. The van der Waals surface area contributed by atoms with Crippen molar-refractivity contribution in [3.8, 4) is 0 Å². The lowest BCUT2D eigenvalue weighted by Gasteiger charge is -2.43. The van der Waals surface area contributed by atoms with E-state index in [0.717, 1.165) is 6.42 Å². The standard InChI is InChI=1S/C34H54O5Si2/c1-27(31(24-17-25-32(36)37-8)39-40(9,10)33(2,3)4)30(35)23-18-26-38-41(34(5,6)7,28-19-13-11-14-20-28)29-21-15-12-16-22-29/h11-17,19-22,25,27,30-31,35H,18,23-24,26H2,1-10H3/b25-17+/t27-,30+,31+/m1/s1. The third kappa shape index (κ3) is 9.22. The molecule has 0 bridgehead atoms. The van der Waals surface area contributed by atoms with Gasteiger partial charge in [-0.1, -0.05) is 115 Å². The van der Waals surface area contributed by atoms with Crippen LogP contribution < -0.4 is 10.4 Å². The molecule has 0 aromatic heterocycles. The summed E-state index contributed by atoms with van der Waals surface area (Å²) in [6.07, 6.45) is 4.37.